The first-order valence-electron chi connectivity index (χ1n) is 9.58. The largest absolute Gasteiger partial charge is 0.497 e. The fourth-order valence-corrected chi connectivity index (χ4v) is 3.65. The number of benzene rings is 1. The number of carbonyl (C=O) groups excluding carboxylic acids is 2. The molecule has 0 saturated heterocycles. The lowest BCUT2D eigenvalue weighted by Crippen LogP contribution is -2.46. The Morgan fingerprint density at radius 2 is 1.73 bits per heavy atom. The smallest absolute Gasteiger partial charge is 0.319 e. The molecule has 1 amide bonds. The van der Waals surface area contributed by atoms with Crippen molar-refractivity contribution in [1.29, 1.82) is 0 Å². The summed E-state index contributed by atoms with van der Waals surface area (Å²) in [5.74, 6) is 5.64. The normalized spacial score (nSPS) is 12.2. The molecule has 0 unspecified atom stereocenters. The molecule has 30 heavy (non-hydrogen) atoms. The summed E-state index contributed by atoms with van der Waals surface area (Å²) in [5, 5.41) is 1.07. The first-order chi connectivity index (χ1) is 14.2. The summed E-state index contributed by atoms with van der Waals surface area (Å²) in [7, 11) is 1.59. The molecule has 0 fully saturated rings. The van der Waals surface area contributed by atoms with Gasteiger partial charge in [0.05, 0.1) is 13.7 Å². The van der Waals surface area contributed by atoms with Crippen LogP contribution in [0.2, 0.25) is 0 Å². The van der Waals surface area contributed by atoms with Gasteiger partial charge in [-0.2, -0.15) is 11.8 Å². The molecule has 0 aliphatic rings. The van der Waals surface area contributed by atoms with Gasteiger partial charge in [-0.15, -0.1) is 0 Å². The number of hydrogen-bond acceptors (Lipinski definition) is 7. The SMILES string of the molecule is COc1ccc(CN(N)C(=O)[C@@H](CSCc2ccncc2)C(=O)OC(C)(C)C)cc1. The van der Waals surface area contributed by atoms with Gasteiger partial charge in [0.15, 0.2) is 0 Å². The summed E-state index contributed by atoms with van der Waals surface area (Å²) in [6.45, 7) is 5.49. The molecular formula is C22H29N3O4S. The molecule has 8 heteroatoms. The van der Waals surface area contributed by atoms with E-state index in [2.05, 4.69) is 4.98 Å². The van der Waals surface area contributed by atoms with Gasteiger partial charge in [-0.3, -0.25) is 19.6 Å². The van der Waals surface area contributed by atoms with Crippen LogP contribution in [-0.2, 0) is 26.6 Å². The van der Waals surface area contributed by atoms with E-state index in [9.17, 15) is 9.59 Å². The molecule has 1 aromatic carbocycles. The van der Waals surface area contributed by atoms with Crippen LogP contribution in [-0.4, -0.2) is 40.3 Å². The summed E-state index contributed by atoms with van der Waals surface area (Å²) in [6, 6.07) is 11.0. The van der Waals surface area contributed by atoms with Gasteiger partial charge in [-0.1, -0.05) is 12.1 Å². The number of hydrogen-bond donors (Lipinski definition) is 1. The molecule has 7 nitrogen and oxygen atoms in total. The number of carbonyl (C=O) groups is 2. The molecule has 1 aromatic heterocycles. The highest BCUT2D eigenvalue weighted by atomic mass is 32.2. The molecule has 0 spiro atoms. The number of nitrogens with two attached hydrogens (primary N) is 1. The average molecular weight is 432 g/mol. The first-order valence-corrected chi connectivity index (χ1v) is 10.7. The molecule has 1 atom stereocenters. The number of pyridine rings is 1. The standard InChI is InChI=1S/C22H29N3O4S/c1-22(2,3)29-21(27)19(15-30-14-17-9-11-24-12-10-17)20(26)25(23)13-16-5-7-18(28-4)8-6-16/h5-12,19H,13-15,23H2,1-4H3/t19-/m1/s1. The van der Waals surface area contributed by atoms with E-state index in [1.165, 1.54) is 11.8 Å². The Bertz CT molecular complexity index is 823. The number of aromatic nitrogens is 1. The first kappa shape index (κ1) is 23.7. The highest BCUT2D eigenvalue weighted by Crippen LogP contribution is 2.21. The Morgan fingerprint density at radius 1 is 1.10 bits per heavy atom. The molecule has 2 rings (SSSR count). The zero-order valence-electron chi connectivity index (χ0n) is 17.8. The third kappa shape index (κ3) is 7.68. The fraction of sp³-hybridized carbons (Fsp3) is 0.409. The summed E-state index contributed by atoms with van der Waals surface area (Å²) >= 11 is 1.48. The number of amides is 1. The minimum absolute atomic E-state index is 0.178. The summed E-state index contributed by atoms with van der Waals surface area (Å²) < 4.78 is 10.6. The van der Waals surface area contributed by atoms with Crippen molar-refractivity contribution < 1.29 is 19.1 Å². The third-order valence-electron chi connectivity index (χ3n) is 4.09. The van der Waals surface area contributed by atoms with Crippen LogP contribution in [0.5, 0.6) is 5.75 Å². The van der Waals surface area contributed by atoms with Crippen molar-refractivity contribution in [3.05, 3.63) is 59.9 Å². The number of thioether (sulfide) groups is 1. The van der Waals surface area contributed by atoms with Crippen LogP contribution in [0.3, 0.4) is 0 Å². The van der Waals surface area contributed by atoms with Crippen molar-refractivity contribution in [1.82, 2.24) is 9.99 Å². The zero-order valence-corrected chi connectivity index (χ0v) is 18.6. The summed E-state index contributed by atoms with van der Waals surface area (Å²) in [6.07, 6.45) is 3.42. The van der Waals surface area contributed by atoms with Gasteiger partial charge in [-0.25, -0.2) is 5.84 Å². The van der Waals surface area contributed by atoms with E-state index < -0.39 is 23.4 Å². The molecule has 1 heterocycles. The second-order valence-corrected chi connectivity index (χ2v) is 8.80. The van der Waals surface area contributed by atoms with E-state index in [1.54, 1.807) is 52.4 Å². The van der Waals surface area contributed by atoms with Crippen molar-refractivity contribution in [3.63, 3.8) is 0 Å². The number of nitrogens with zero attached hydrogens (tertiary/aromatic N) is 2. The molecule has 0 aliphatic heterocycles. The van der Waals surface area contributed by atoms with E-state index >= 15 is 0 Å². The lowest BCUT2D eigenvalue weighted by molar-refractivity contribution is -0.164. The van der Waals surface area contributed by atoms with Crippen molar-refractivity contribution in [2.24, 2.45) is 11.8 Å². The van der Waals surface area contributed by atoms with Crippen LogP contribution >= 0.6 is 11.8 Å². The zero-order chi connectivity index (χ0) is 22.1. The Balaban J connectivity index is 2.06. The molecule has 0 saturated carbocycles. The second kappa shape index (κ2) is 11.0. The number of methoxy groups -OCH3 is 1. The van der Waals surface area contributed by atoms with Gasteiger partial charge >= 0.3 is 5.97 Å². The lowest BCUT2D eigenvalue weighted by atomic mass is 10.1. The van der Waals surface area contributed by atoms with Crippen LogP contribution in [0, 0.1) is 5.92 Å². The van der Waals surface area contributed by atoms with E-state index in [0.29, 0.717) is 11.5 Å². The van der Waals surface area contributed by atoms with Gasteiger partial charge in [0.1, 0.15) is 17.3 Å². The number of ether oxygens (including phenoxy) is 2. The highest BCUT2D eigenvalue weighted by Gasteiger charge is 2.33. The predicted molar refractivity (Wildman–Crippen MR) is 117 cm³/mol. The molecule has 0 aliphatic carbocycles. The van der Waals surface area contributed by atoms with Crippen molar-refractivity contribution in [3.8, 4) is 5.75 Å². The highest BCUT2D eigenvalue weighted by molar-refractivity contribution is 7.98. The molecule has 0 bridgehead atoms. The average Bonchev–Trinajstić information content (AvgIpc) is 2.70. The fourth-order valence-electron chi connectivity index (χ4n) is 2.59. The topological polar surface area (TPSA) is 94.8 Å². The number of hydrazine groups is 1. The Kier molecular flexibility index (Phi) is 8.68. The van der Waals surface area contributed by atoms with E-state index in [4.69, 9.17) is 15.3 Å². The Morgan fingerprint density at radius 3 is 2.30 bits per heavy atom. The van der Waals surface area contributed by atoms with E-state index in [1.807, 2.05) is 24.3 Å². The summed E-state index contributed by atoms with van der Waals surface area (Å²) in [4.78, 5) is 29.7. The monoisotopic (exact) mass is 431 g/mol. The second-order valence-electron chi connectivity index (χ2n) is 7.77. The van der Waals surface area contributed by atoms with Crippen molar-refractivity contribution in [2.45, 2.75) is 38.7 Å². The van der Waals surface area contributed by atoms with Crippen LogP contribution in [0.1, 0.15) is 31.9 Å². The van der Waals surface area contributed by atoms with Crippen molar-refractivity contribution in [2.75, 3.05) is 12.9 Å². The van der Waals surface area contributed by atoms with Gasteiger partial charge in [0, 0.05) is 23.9 Å². The maximum Gasteiger partial charge on any atom is 0.319 e. The summed E-state index contributed by atoms with van der Waals surface area (Å²) in [5.41, 5.74) is 1.20. The van der Waals surface area contributed by atoms with Gasteiger partial charge in [0.2, 0.25) is 0 Å². The number of esters is 1. The predicted octanol–water partition coefficient (Wildman–Crippen LogP) is 3.18. The number of rotatable bonds is 9. The quantitative estimate of drug-likeness (QED) is 0.214. The molecular weight excluding hydrogens is 402 g/mol. The molecule has 0 radical (unpaired) electrons. The minimum atomic E-state index is -0.987. The molecule has 2 N–H and O–H groups in total. The lowest BCUT2D eigenvalue weighted by Gasteiger charge is -2.26. The minimum Gasteiger partial charge on any atom is -0.497 e. The Labute approximate surface area is 181 Å². The molecule has 162 valence electrons. The third-order valence-corrected chi connectivity index (χ3v) is 5.19. The van der Waals surface area contributed by atoms with Gasteiger partial charge < -0.3 is 9.47 Å². The van der Waals surface area contributed by atoms with Crippen LogP contribution < -0.4 is 10.6 Å². The van der Waals surface area contributed by atoms with Crippen molar-refractivity contribution >= 4 is 23.6 Å². The van der Waals surface area contributed by atoms with E-state index in [-0.39, 0.29) is 12.3 Å². The van der Waals surface area contributed by atoms with Crippen LogP contribution in [0.15, 0.2) is 48.8 Å². The van der Waals surface area contributed by atoms with Gasteiger partial charge in [0.25, 0.3) is 5.91 Å². The maximum absolute atomic E-state index is 13.0. The Hall–Kier alpha value is -2.58. The molecule has 2 aromatic rings. The maximum atomic E-state index is 13.0. The van der Waals surface area contributed by atoms with Crippen LogP contribution in [0.4, 0.5) is 0 Å². The van der Waals surface area contributed by atoms with Gasteiger partial charge in [-0.05, 0) is 56.2 Å². The van der Waals surface area contributed by atoms with E-state index in [0.717, 1.165) is 16.1 Å². The van der Waals surface area contributed by atoms with Crippen LogP contribution in [0.25, 0.3) is 0 Å².